The van der Waals surface area contributed by atoms with Crippen molar-refractivity contribution in [2.45, 2.75) is 29.3 Å². The standard InChI is InChI=1S/C27H21ClN2O7S/c28-20-10-6-17(7-11-20)18-8-12-22(13-9-18)38(35,36)30(16-21-14-24(25(31)32)29-37-21)27(26(33)34)15-23(27)19-4-2-1-3-5-19/h1-14,23H,15-16H2,(H,31,32)(H,33,34). The highest BCUT2D eigenvalue weighted by Gasteiger charge is 2.68. The lowest BCUT2D eigenvalue weighted by Crippen LogP contribution is -2.48. The van der Waals surface area contributed by atoms with Crippen LogP contribution in [-0.2, 0) is 21.4 Å². The number of nitrogens with zero attached hydrogens (tertiary/aromatic N) is 2. The van der Waals surface area contributed by atoms with Crippen LogP contribution in [0.15, 0.2) is 94.3 Å². The molecule has 38 heavy (non-hydrogen) atoms. The van der Waals surface area contributed by atoms with Crippen LogP contribution in [0.1, 0.15) is 34.2 Å². The minimum Gasteiger partial charge on any atom is -0.480 e. The third-order valence-electron chi connectivity index (χ3n) is 6.65. The molecule has 1 heterocycles. The first-order chi connectivity index (χ1) is 18.1. The Labute approximate surface area is 222 Å². The van der Waals surface area contributed by atoms with Crippen LogP contribution in [0.5, 0.6) is 0 Å². The molecular weight excluding hydrogens is 532 g/mol. The molecule has 2 unspecified atom stereocenters. The number of carboxylic acid groups (broad SMARTS) is 2. The number of aliphatic carboxylic acids is 1. The van der Waals surface area contributed by atoms with E-state index in [2.05, 4.69) is 5.16 Å². The van der Waals surface area contributed by atoms with Gasteiger partial charge in [-0.25, -0.2) is 13.2 Å². The Morgan fingerprint density at radius 3 is 2.13 bits per heavy atom. The fourth-order valence-electron chi connectivity index (χ4n) is 4.61. The molecule has 0 saturated heterocycles. The largest absolute Gasteiger partial charge is 0.480 e. The second kappa shape index (κ2) is 9.71. The quantitative estimate of drug-likeness (QED) is 0.299. The van der Waals surface area contributed by atoms with Crippen molar-refractivity contribution in [2.75, 3.05) is 0 Å². The lowest BCUT2D eigenvalue weighted by Gasteiger charge is -2.28. The summed E-state index contributed by atoms with van der Waals surface area (Å²) in [6.45, 7) is -0.517. The second-order valence-electron chi connectivity index (χ2n) is 8.92. The molecule has 2 N–H and O–H groups in total. The zero-order valence-corrected chi connectivity index (χ0v) is 21.3. The summed E-state index contributed by atoms with van der Waals surface area (Å²) in [5.41, 5.74) is 0.0356. The predicted octanol–water partition coefficient (Wildman–Crippen LogP) is 4.90. The summed E-state index contributed by atoms with van der Waals surface area (Å²) < 4.78 is 34.0. The van der Waals surface area contributed by atoms with Crippen molar-refractivity contribution in [2.24, 2.45) is 0 Å². The van der Waals surface area contributed by atoms with Gasteiger partial charge in [0.1, 0.15) is 5.54 Å². The summed E-state index contributed by atoms with van der Waals surface area (Å²) >= 11 is 5.96. The van der Waals surface area contributed by atoms with Crippen LogP contribution in [-0.4, -0.2) is 45.6 Å². The molecule has 1 aromatic heterocycles. The van der Waals surface area contributed by atoms with Gasteiger partial charge in [-0.2, -0.15) is 4.31 Å². The third-order valence-corrected chi connectivity index (χ3v) is 8.80. The predicted molar refractivity (Wildman–Crippen MR) is 137 cm³/mol. The van der Waals surface area contributed by atoms with Crippen LogP contribution < -0.4 is 0 Å². The molecule has 1 aliphatic carbocycles. The molecule has 0 amide bonds. The van der Waals surface area contributed by atoms with Crippen LogP contribution in [0.3, 0.4) is 0 Å². The maximum atomic E-state index is 14.0. The molecule has 1 aliphatic rings. The van der Waals surface area contributed by atoms with E-state index in [-0.39, 0.29) is 17.1 Å². The zero-order valence-electron chi connectivity index (χ0n) is 19.7. The highest BCUT2D eigenvalue weighted by Crippen LogP contribution is 2.57. The second-order valence-corrected chi connectivity index (χ2v) is 11.2. The van der Waals surface area contributed by atoms with E-state index in [1.165, 1.54) is 12.1 Å². The molecule has 0 bridgehead atoms. The Morgan fingerprint density at radius 2 is 1.58 bits per heavy atom. The van der Waals surface area contributed by atoms with Crippen molar-refractivity contribution in [3.05, 3.63) is 107 Å². The van der Waals surface area contributed by atoms with Gasteiger partial charge in [0.15, 0.2) is 11.5 Å². The normalized spacial score (nSPS) is 18.8. The molecule has 11 heteroatoms. The lowest BCUT2D eigenvalue weighted by molar-refractivity contribution is -0.143. The smallest absolute Gasteiger partial charge is 0.358 e. The van der Waals surface area contributed by atoms with Crippen molar-refractivity contribution in [1.29, 1.82) is 0 Å². The van der Waals surface area contributed by atoms with E-state index >= 15 is 0 Å². The fraction of sp³-hybridized carbons (Fsp3) is 0.148. The molecular formula is C27H21ClN2O7S. The van der Waals surface area contributed by atoms with Gasteiger partial charge in [0, 0.05) is 17.0 Å². The average molecular weight is 553 g/mol. The third kappa shape index (κ3) is 4.58. The number of rotatable bonds is 9. The van der Waals surface area contributed by atoms with E-state index in [1.807, 2.05) is 0 Å². The van der Waals surface area contributed by atoms with Crippen LogP contribution in [0, 0.1) is 0 Å². The summed E-state index contributed by atoms with van der Waals surface area (Å²) in [6.07, 6.45) is 0.0361. The molecule has 0 radical (unpaired) electrons. The van der Waals surface area contributed by atoms with E-state index in [9.17, 15) is 28.2 Å². The molecule has 9 nitrogen and oxygen atoms in total. The van der Waals surface area contributed by atoms with E-state index in [0.717, 1.165) is 21.5 Å². The molecule has 0 aliphatic heterocycles. The summed E-state index contributed by atoms with van der Waals surface area (Å²) in [5, 5.41) is 23.6. The molecule has 2 atom stereocenters. The zero-order chi connectivity index (χ0) is 27.1. The van der Waals surface area contributed by atoms with E-state index in [4.69, 9.17) is 16.1 Å². The lowest BCUT2D eigenvalue weighted by atomic mass is 10.1. The Morgan fingerprint density at radius 1 is 0.974 bits per heavy atom. The van der Waals surface area contributed by atoms with Crippen LogP contribution in [0.25, 0.3) is 11.1 Å². The van der Waals surface area contributed by atoms with Gasteiger partial charge < -0.3 is 14.7 Å². The Kier molecular flexibility index (Phi) is 6.56. The number of aromatic carboxylic acids is 1. The highest BCUT2D eigenvalue weighted by atomic mass is 35.5. The number of carbonyl (C=O) groups is 2. The first-order valence-electron chi connectivity index (χ1n) is 11.5. The van der Waals surface area contributed by atoms with Crippen molar-refractivity contribution in [3.8, 4) is 11.1 Å². The van der Waals surface area contributed by atoms with Gasteiger partial charge in [-0.15, -0.1) is 0 Å². The summed E-state index contributed by atoms with van der Waals surface area (Å²) in [7, 11) is -4.40. The van der Waals surface area contributed by atoms with Crippen LogP contribution in [0.4, 0.5) is 0 Å². The van der Waals surface area contributed by atoms with Crippen LogP contribution in [0.2, 0.25) is 5.02 Å². The number of benzene rings is 3. The van der Waals surface area contributed by atoms with Gasteiger partial charge in [0.05, 0.1) is 11.4 Å². The fourth-order valence-corrected chi connectivity index (χ4v) is 6.48. The number of aromatic nitrogens is 1. The number of hydrogen-bond donors (Lipinski definition) is 2. The number of carboxylic acids is 2. The average Bonchev–Trinajstić information content (AvgIpc) is 3.49. The highest BCUT2D eigenvalue weighted by molar-refractivity contribution is 7.89. The maximum absolute atomic E-state index is 14.0. The number of hydrogen-bond acceptors (Lipinski definition) is 6. The van der Waals surface area contributed by atoms with E-state index < -0.39 is 45.7 Å². The minimum absolute atomic E-state index is 0.0361. The van der Waals surface area contributed by atoms with Crippen molar-refractivity contribution < 1.29 is 32.7 Å². The first kappa shape index (κ1) is 25.7. The summed E-state index contributed by atoms with van der Waals surface area (Å²) in [4.78, 5) is 23.9. The summed E-state index contributed by atoms with van der Waals surface area (Å²) in [6, 6.07) is 23.0. The molecule has 194 valence electrons. The topological polar surface area (TPSA) is 138 Å². The van der Waals surface area contributed by atoms with Gasteiger partial charge in [0.2, 0.25) is 10.0 Å². The monoisotopic (exact) mass is 552 g/mol. The number of halogens is 1. The van der Waals surface area contributed by atoms with E-state index in [0.29, 0.717) is 10.6 Å². The SMILES string of the molecule is O=C(O)c1cc(CN(C2(C(=O)O)CC2c2ccccc2)S(=O)(=O)c2ccc(-c3ccc(Cl)cc3)cc2)on1. The molecule has 5 rings (SSSR count). The van der Waals surface area contributed by atoms with E-state index in [1.54, 1.807) is 66.7 Å². The Balaban J connectivity index is 1.56. The van der Waals surface area contributed by atoms with Crippen molar-refractivity contribution in [3.63, 3.8) is 0 Å². The maximum Gasteiger partial charge on any atom is 0.358 e. The van der Waals surface area contributed by atoms with Gasteiger partial charge in [-0.3, -0.25) is 4.79 Å². The van der Waals surface area contributed by atoms with Gasteiger partial charge in [-0.05, 0) is 47.4 Å². The van der Waals surface area contributed by atoms with Gasteiger partial charge in [-0.1, -0.05) is 71.4 Å². The molecule has 0 spiro atoms. The summed E-state index contributed by atoms with van der Waals surface area (Å²) in [5.74, 6) is -3.38. The molecule has 1 fully saturated rings. The Hall–Kier alpha value is -3.99. The minimum atomic E-state index is -4.40. The Bertz CT molecular complexity index is 1600. The molecule has 3 aromatic carbocycles. The molecule has 1 saturated carbocycles. The van der Waals surface area contributed by atoms with Crippen LogP contribution >= 0.6 is 11.6 Å². The molecule has 4 aromatic rings. The first-order valence-corrected chi connectivity index (χ1v) is 13.3. The van der Waals surface area contributed by atoms with Crippen molar-refractivity contribution >= 4 is 33.6 Å². The van der Waals surface area contributed by atoms with Gasteiger partial charge in [0.25, 0.3) is 0 Å². The number of sulfonamides is 1. The van der Waals surface area contributed by atoms with Gasteiger partial charge >= 0.3 is 11.9 Å². The van der Waals surface area contributed by atoms with Crippen molar-refractivity contribution in [1.82, 2.24) is 9.46 Å².